The number of aromatic nitrogens is 1. The molecule has 0 aliphatic carbocycles. The molecule has 0 aliphatic rings. The van der Waals surface area contributed by atoms with E-state index in [4.69, 9.17) is 0 Å². The van der Waals surface area contributed by atoms with Gasteiger partial charge in [-0.2, -0.15) is 0 Å². The average Bonchev–Trinajstić information content (AvgIpc) is 2.65. The molecule has 2 aromatic carbocycles. The van der Waals surface area contributed by atoms with Gasteiger partial charge in [-0.3, -0.25) is 4.79 Å². The third-order valence-corrected chi connectivity index (χ3v) is 4.51. The number of pyridine rings is 1. The summed E-state index contributed by atoms with van der Waals surface area (Å²) in [7, 11) is 0. The molecule has 0 saturated heterocycles. The minimum Gasteiger partial charge on any atom is -0.340 e. The molecule has 3 rings (SSSR count). The molecule has 1 aromatic heterocycles. The van der Waals surface area contributed by atoms with Crippen molar-refractivity contribution in [3.63, 3.8) is 0 Å². The fourth-order valence-electron chi connectivity index (χ4n) is 2.98. The van der Waals surface area contributed by atoms with Crippen molar-refractivity contribution < 1.29 is 4.79 Å². The minimum atomic E-state index is -0.0445. The Morgan fingerprint density at radius 2 is 1.74 bits per heavy atom. The van der Waals surface area contributed by atoms with E-state index >= 15 is 0 Å². The first-order valence-corrected chi connectivity index (χ1v) is 9.19. The van der Waals surface area contributed by atoms with Gasteiger partial charge in [0.15, 0.2) is 0 Å². The number of benzene rings is 2. The summed E-state index contributed by atoms with van der Waals surface area (Å²) in [6.45, 7) is 6.35. The van der Waals surface area contributed by atoms with Crippen LogP contribution in [0.4, 0.5) is 17.2 Å². The summed E-state index contributed by atoms with van der Waals surface area (Å²) in [5.41, 5.74) is 5.14. The number of carbonyl (C=O) groups excluding carboxylic acids is 1. The highest BCUT2D eigenvalue weighted by molar-refractivity contribution is 5.92. The van der Waals surface area contributed by atoms with Gasteiger partial charge in [0, 0.05) is 5.69 Å². The lowest BCUT2D eigenvalue weighted by Crippen LogP contribution is -2.15. The van der Waals surface area contributed by atoms with Gasteiger partial charge in [0.1, 0.15) is 5.82 Å². The smallest absolute Gasteiger partial charge is 0.228 e. The maximum absolute atomic E-state index is 12.3. The van der Waals surface area contributed by atoms with Crippen LogP contribution in [-0.2, 0) is 11.2 Å². The van der Waals surface area contributed by atoms with Crippen LogP contribution in [0.5, 0.6) is 0 Å². The topological polar surface area (TPSA) is 54.0 Å². The van der Waals surface area contributed by atoms with Crippen LogP contribution in [0.15, 0.2) is 66.9 Å². The predicted octanol–water partition coefficient (Wildman–Crippen LogP) is 5.44. The second-order valence-corrected chi connectivity index (χ2v) is 6.95. The zero-order valence-electron chi connectivity index (χ0n) is 16.0. The summed E-state index contributed by atoms with van der Waals surface area (Å²) in [6, 6.07) is 19.9. The molecule has 0 unspecified atom stereocenters. The van der Waals surface area contributed by atoms with Gasteiger partial charge >= 0.3 is 0 Å². The Balaban J connectivity index is 1.64. The van der Waals surface area contributed by atoms with Crippen molar-refractivity contribution in [2.24, 2.45) is 0 Å². The van der Waals surface area contributed by atoms with Gasteiger partial charge in [-0.05, 0) is 47.7 Å². The molecule has 4 nitrogen and oxygen atoms in total. The normalized spacial score (nSPS) is 10.7. The second kappa shape index (κ2) is 8.49. The summed E-state index contributed by atoms with van der Waals surface area (Å²) in [4.78, 5) is 16.7. The van der Waals surface area contributed by atoms with Gasteiger partial charge in [0.05, 0.1) is 18.3 Å². The molecule has 0 atom stereocenters. The summed E-state index contributed by atoms with van der Waals surface area (Å²) < 4.78 is 0. The largest absolute Gasteiger partial charge is 0.340 e. The molecule has 2 N–H and O–H groups in total. The molecule has 138 valence electrons. The van der Waals surface area contributed by atoms with E-state index in [0.29, 0.717) is 18.0 Å². The van der Waals surface area contributed by atoms with Crippen LogP contribution in [0.2, 0.25) is 0 Å². The Morgan fingerprint density at radius 3 is 2.44 bits per heavy atom. The van der Waals surface area contributed by atoms with Crippen molar-refractivity contribution in [1.29, 1.82) is 0 Å². The van der Waals surface area contributed by atoms with Crippen LogP contribution < -0.4 is 10.6 Å². The van der Waals surface area contributed by atoms with Gasteiger partial charge in [-0.15, -0.1) is 0 Å². The quantitative estimate of drug-likeness (QED) is 0.616. The number of nitrogens with one attached hydrogen (secondary N) is 2. The van der Waals surface area contributed by atoms with E-state index in [-0.39, 0.29) is 5.91 Å². The molecule has 27 heavy (non-hydrogen) atoms. The predicted molar refractivity (Wildman–Crippen MR) is 112 cm³/mol. The van der Waals surface area contributed by atoms with Gasteiger partial charge < -0.3 is 10.6 Å². The molecule has 0 radical (unpaired) electrons. The van der Waals surface area contributed by atoms with Crippen molar-refractivity contribution in [3.8, 4) is 0 Å². The lowest BCUT2D eigenvalue weighted by atomic mass is 10.0. The van der Waals surface area contributed by atoms with Crippen LogP contribution in [0, 0.1) is 6.92 Å². The number of aryl methyl sites for hydroxylation is 1. The molecule has 0 aliphatic heterocycles. The number of rotatable bonds is 6. The van der Waals surface area contributed by atoms with Crippen LogP contribution in [-0.4, -0.2) is 10.9 Å². The van der Waals surface area contributed by atoms with Gasteiger partial charge in [-0.25, -0.2) is 4.98 Å². The number of hydrogen-bond donors (Lipinski definition) is 2. The third kappa shape index (κ3) is 4.94. The molecule has 0 spiro atoms. The van der Waals surface area contributed by atoms with E-state index in [9.17, 15) is 4.79 Å². The Hall–Kier alpha value is -3.14. The van der Waals surface area contributed by atoms with Crippen molar-refractivity contribution >= 4 is 23.1 Å². The summed E-state index contributed by atoms with van der Waals surface area (Å²) >= 11 is 0. The number of nitrogens with zero attached hydrogens (tertiary/aromatic N) is 1. The minimum absolute atomic E-state index is 0.0445. The molecule has 0 fully saturated rings. The van der Waals surface area contributed by atoms with Gasteiger partial charge in [-0.1, -0.05) is 56.3 Å². The average molecular weight is 359 g/mol. The molecule has 4 heteroatoms. The fraction of sp³-hybridized carbons (Fsp3) is 0.217. The number of anilines is 3. The Morgan fingerprint density at radius 1 is 1.00 bits per heavy atom. The first kappa shape index (κ1) is 18.6. The maximum atomic E-state index is 12.3. The zero-order valence-corrected chi connectivity index (χ0v) is 16.0. The van der Waals surface area contributed by atoms with Crippen molar-refractivity contribution in [2.45, 2.75) is 33.1 Å². The van der Waals surface area contributed by atoms with Gasteiger partial charge in [0.25, 0.3) is 0 Å². The highest BCUT2D eigenvalue weighted by atomic mass is 16.1. The van der Waals surface area contributed by atoms with Crippen molar-refractivity contribution in [3.05, 3.63) is 83.6 Å². The van der Waals surface area contributed by atoms with E-state index in [1.165, 1.54) is 5.56 Å². The molecule has 3 aromatic rings. The van der Waals surface area contributed by atoms with E-state index in [1.807, 2.05) is 55.5 Å². The number of carbonyl (C=O) groups is 1. The highest BCUT2D eigenvalue weighted by Crippen LogP contribution is 2.26. The van der Waals surface area contributed by atoms with Gasteiger partial charge in [0.2, 0.25) is 5.91 Å². The first-order chi connectivity index (χ1) is 13.0. The molecule has 0 saturated carbocycles. The summed E-state index contributed by atoms with van der Waals surface area (Å²) in [5, 5.41) is 6.27. The number of amides is 1. The standard InChI is InChI=1S/C23H25N3O/c1-16(2)20-10-6-7-11-21(20)26-22-13-12-19(15-24-22)25-23(27)14-18-9-5-4-8-17(18)3/h4-13,15-16H,14H2,1-3H3,(H,24,26)(H,25,27). The second-order valence-electron chi connectivity index (χ2n) is 6.95. The first-order valence-electron chi connectivity index (χ1n) is 9.19. The highest BCUT2D eigenvalue weighted by Gasteiger charge is 2.08. The fourth-order valence-corrected chi connectivity index (χ4v) is 2.98. The third-order valence-electron chi connectivity index (χ3n) is 4.51. The maximum Gasteiger partial charge on any atom is 0.228 e. The SMILES string of the molecule is Cc1ccccc1CC(=O)Nc1ccc(Nc2ccccc2C(C)C)nc1. The summed E-state index contributed by atoms with van der Waals surface area (Å²) in [5.74, 6) is 1.13. The molecule has 0 bridgehead atoms. The van der Waals surface area contributed by atoms with Crippen molar-refractivity contribution in [2.75, 3.05) is 10.6 Å². The molecule has 1 heterocycles. The molecule has 1 amide bonds. The van der Waals surface area contributed by atoms with Crippen molar-refractivity contribution in [1.82, 2.24) is 4.98 Å². The number of para-hydroxylation sites is 1. The van der Waals surface area contributed by atoms with Crippen LogP contribution in [0.25, 0.3) is 0 Å². The number of hydrogen-bond acceptors (Lipinski definition) is 3. The molecular formula is C23H25N3O. The van der Waals surface area contributed by atoms with Crippen LogP contribution in [0.3, 0.4) is 0 Å². The lowest BCUT2D eigenvalue weighted by Gasteiger charge is -2.14. The van der Waals surface area contributed by atoms with Crippen LogP contribution in [0.1, 0.15) is 36.5 Å². The van der Waals surface area contributed by atoms with E-state index in [1.54, 1.807) is 6.20 Å². The van der Waals surface area contributed by atoms with E-state index in [0.717, 1.165) is 22.6 Å². The van der Waals surface area contributed by atoms with Crippen LogP contribution >= 0.6 is 0 Å². The Kier molecular flexibility index (Phi) is 5.87. The zero-order chi connectivity index (χ0) is 19.2. The molecular weight excluding hydrogens is 334 g/mol. The van der Waals surface area contributed by atoms with E-state index < -0.39 is 0 Å². The van der Waals surface area contributed by atoms with E-state index in [2.05, 4.69) is 41.6 Å². The summed E-state index contributed by atoms with van der Waals surface area (Å²) in [6.07, 6.45) is 2.03. The lowest BCUT2D eigenvalue weighted by molar-refractivity contribution is -0.115. The Labute approximate surface area is 160 Å². The Bertz CT molecular complexity index is 917. The monoisotopic (exact) mass is 359 g/mol.